The number of nitrogens with zero attached hydrogens (tertiary/aromatic N) is 5. The smallest absolute Gasteiger partial charge is 0.299 e. The lowest BCUT2D eigenvalue weighted by Crippen LogP contribution is -2.31. The van der Waals surface area contributed by atoms with Gasteiger partial charge in [-0.15, -0.1) is 0 Å². The third-order valence-corrected chi connectivity index (χ3v) is 6.22. The van der Waals surface area contributed by atoms with Gasteiger partial charge in [-0.25, -0.2) is 15.0 Å². The molecule has 0 bridgehead atoms. The number of imidazole rings is 1. The summed E-state index contributed by atoms with van der Waals surface area (Å²) < 4.78 is 1.86. The Morgan fingerprint density at radius 3 is 2.63 bits per heavy atom. The average molecular weight is 510 g/mol. The summed E-state index contributed by atoms with van der Waals surface area (Å²) in [6.07, 6.45) is 6.49. The lowest BCUT2D eigenvalue weighted by molar-refractivity contribution is -0.126. The number of aliphatic hydroxyl groups is 1. The molecule has 0 radical (unpaired) electrons. The van der Waals surface area contributed by atoms with Crippen LogP contribution >= 0.6 is 0 Å². The quantitative estimate of drug-likeness (QED) is 0.359. The molecule has 192 valence electrons. The molecule has 5 rings (SSSR count). The van der Waals surface area contributed by atoms with Crippen molar-refractivity contribution in [1.82, 2.24) is 24.3 Å². The van der Waals surface area contributed by atoms with Crippen molar-refractivity contribution in [2.24, 2.45) is 0 Å². The third kappa shape index (κ3) is 5.05. The fourth-order valence-corrected chi connectivity index (χ4v) is 4.48. The maximum Gasteiger partial charge on any atom is 0.299 e. The van der Waals surface area contributed by atoms with Crippen molar-refractivity contribution in [2.75, 3.05) is 17.6 Å². The molecule has 4 N–H and O–H groups in total. The summed E-state index contributed by atoms with van der Waals surface area (Å²) in [6.45, 7) is 3.60. The summed E-state index contributed by atoms with van der Waals surface area (Å²) in [5.74, 6) is 5.94. The minimum Gasteiger partial charge on any atom is -0.382 e. The van der Waals surface area contributed by atoms with E-state index in [1.165, 1.54) is 13.8 Å². The summed E-state index contributed by atoms with van der Waals surface area (Å²) in [4.78, 5) is 40.5. The van der Waals surface area contributed by atoms with Crippen LogP contribution in [0.4, 0.5) is 11.6 Å². The van der Waals surface area contributed by atoms with Crippen LogP contribution in [0.2, 0.25) is 0 Å². The number of nitrogen functional groups attached to an aromatic ring is 1. The average Bonchev–Trinajstić information content (AvgIpc) is 3.53. The van der Waals surface area contributed by atoms with Crippen LogP contribution in [0.1, 0.15) is 48.9 Å². The number of pyridine rings is 1. The van der Waals surface area contributed by atoms with Gasteiger partial charge in [-0.3, -0.25) is 14.0 Å². The molecule has 10 heteroatoms. The van der Waals surface area contributed by atoms with E-state index in [1.54, 1.807) is 66.0 Å². The molecule has 1 aliphatic heterocycles. The number of hydrogen-bond acceptors (Lipinski definition) is 7. The van der Waals surface area contributed by atoms with Gasteiger partial charge in [0, 0.05) is 36.3 Å². The molecular formula is C28H27N7O3. The van der Waals surface area contributed by atoms with Gasteiger partial charge in [0.05, 0.1) is 6.04 Å². The Bertz CT molecular complexity index is 1560. The van der Waals surface area contributed by atoms with Gasteiger partial charge in [0.2, 0.25) is 0 Å². The van der Waals surface area contributed by atoms with Crippen molar-refractivity contribution >= 4 is 29.0 Å². The first-order chi connectivity index (χ1) is 18.2. The van der Waals surface area contributed by atoms with E-state index < -0.39 is 5.60 Å². The van der Waals surface area contributed by atoms with Gasteiger partial charge in [-0.05, 0) is 56.9 Å². The number of fused-ring (bicyclic) bond motifs is 1. The van der Waals surface area contributed by atoms with Crippen LogP contribution in [0.5, 0.6) is 0 Å². The second-order valence-electron chi connectivity index (χ2n) is 9.56. The topological polar surface area (TPSA) is 139 Å². The van der Waals surface area contributed by atoms with Gasteiger partial charge < -0.3 is 21.1 Å². The van der Waals surface area contributed by atoms with E-state index in [9.17, 15) is 14.7 Å². The van der Waals surface area contributed by atoms with Gasteiger partial charge in [0.1, 0.15) is 34.3 Å². The number of carbonyl (C=O) groups is 2. The maximum absolute atomic E-state index is 12.9. The monoisotopic (exact) mass is 509 g/mol. The molecule has 0 spiro atoms. The van der Waals surface area contributed by atoms with Crippen molar-refractivity contribution in [2.45, 2.75) is 38.3 Å². The number of anilines is 2. The first-order valence-corrected chi connectivity index (χ1v) is 12.2. The van der Waals surface area contributed by atoms with Gasteiger partial charge in [-0.1, -0.05) is 24.1 Å². The number of aromatic nitrogens is 4. The minimum absolute atomic E-state index is 0.279. The fraction of sp³-hybridized carbons (Fsp3) is 0.250. The fourth-order valence-electron chi connectivity index (χ4n) is 4.48. The predicted octanol–water partition coefficient (Wildman–Crippen LogP) is 3.06. The largest absolute Gasteiger partial charge is 0.382 e. The van der Waals surface area contributed by atoms with E-state index in [1.807, 2.05) is 4.40 Å². The Labute approximate surface area is 219 Å². The lowest BCUT2D eigenvalue weighted by atomic mass is 10.1. The van der Waals surface area contributed by atoms with E-state index in [4.69, 9.17) is 10.7 Å². The molecule has 10 nitrogen and oxygen atoms in total. The normalized spacial score (nSPS) is 15.2. The molecule has 4 heterocycles. The van der Waals surface area contributed by atoms with Crippen LogP contribution in [0.25, 0.3) is 16.8 Å². The minimum atomic E-state index is -1.27. The number of carbonyl (C=O) groups excluding carboxylic acids is 2. The molecule has 1 aliphatic rings. The Hall–Kier alpha value is -4.75. The Balaban J connectivity index is 1.48. The SMILES string of the molecule is CC(C)(O)C#CC(=O)N1CCC[C@H]1c1nc(-c2ccc(C(=O)Nc3ccccn3)cc2)c2c(N)nccn12. The van der Waals surface area contributed by atoms with E-state index in [0.29, 0.717) is 47.2 Å². The number of amides is 2. The number of hydrogen-bond donors (Lipinski definition) is 3. The van der Waals surface area contributed by atoms with Crippen molar-refractivity contribution in [3.05, 3.63) is 72.4 Å². The molecule has 1 fully saturated rings. The Morgan fingerprint density at radius 2 is 1.92 bits per heavy atom. The van der Waals surface area contributed by atoms with Crippen LogP contribution < -0.4 is 11.1 Å². The number of nitrogens with two attached hydrogens (primary N) is 1. The standard InChI is InChI=1S/C28H27N7O3/c1-28(2,38)13-12-22(36)34-16-5-6-20(34)26-33-23(24-25(29)31-15-17-35(24)26)18-8-10-19(11-9-18)27(37)32-21-7-3-4-14-30-21/h3-4,7-11,14-15,17,20,38H,5-6,16H2,1-2H3,(H2,29,31)(H,30,32,37)/t20-/m0/s1. The first kappa shape index (κ1) is 24.9. The van der Waals surface area contributed by atoms with Crippen molar-refractivity contribution in [3.8, 4) is 23.1 Å². The number of likely N-dealkylation sites (tertiary alicyclic amines) is 1. The van der Waals surface area contributed by atoms with Gasteiger partial charge in [0.25, 0.3) is 11.8 Å². The van der Waals surface area contributed by atoms with Gasteiger partial charge in [-0.2, -0.15) is 0 Å². The number of nitrogens with one attached hydrogen (secondary N) is 1. The van der Waals surface area contributed by atoms with Crippen LogP contribution in [0.15, 0.2) is 61.1 Å². The molecule has 0 aliphatic carbocycles. The molecule has 1 aromatic carbocycles. The van der Waals surface area contributed by atoms with Crippen LogP contribution in [-0.2, 0) is 4.79 Å². The molecule has 4 aromatic rings. The van der Waals surface area contributed by atoms with Crippen LogP contribution in [0.3, 0.4) is 0 Å². The first-order valence-electron chi connectivity index (χ1n) is 12.2. The molecule has 0 unspecified atom stereocenters. The Kier molecular flexibility index (Phi) is 6.53. The zero-order valence-electron chi connectivity index (χ0n) is 21.0. The van der Waals surface area contributed by atoms with E-state index in [0.717, 1.165) is 12.0 Å². The van der Waals surface area contributed by atoms with E-state index in [2.05, 4.69) is 27.1 Å². The number of rotatable bonds is 4. The number of benzene rings is 1. The van der Waals surface area contributed by atoms with Crippen molar-refractivity contribution in [3.63, 3.8) is 0 Å². The molecule has 1 saturated heterocycles. The summed E-state index contributed by atoms with van der Waals surface area (Å²) >= 11 is 0. The summed E-state index contributed by atoms with van der Waals surface area (Å²) in [5, 5.41) is 12.7. The molecule has 3 aromatic heterocycles. The zero-order valence-corrected chi connectivity index (χ0v) is 21.0. The second kappa shape index (κ2) is 9.95. The zero-order chi connectivity index (χ0) is 26.9. The highest BCUT2D eigenvalue weighted by molar-refractivity contribution is 6.04. The summed E-state index contributed by atoms with van der Waals surface area (Å²) in [7, 11) is 0. The molecule has 1 atom stereocenters. The summed E-state index contributed by atoms with van der Waals surface area (Å²) in [6, 6.07) is 12.0. The van der Waals surface area contributed by atoms with Gasteiger partial charge >= 0.3 is 0 Å². The van der Waals surface area contributed by atoms with Gasteiger partial charge in [0.15, 0.2) is 0 Å². The highest BCUT2D eigenvalue weighted by Gasteiger charge is 2.33. The van der Waals surface area contributed by atoms with Crippen molar-refractivity contribution < 1.29 is 14.7 Å². The third-order valence-electron chi connectivity index (χ3n) is 6.22. The second-order valence-corrected chi connectivity index (χ2v) is 9.56. The molecular weight excluding hydrogens is 482 g/mol. The van der Waals surface area contributed by atoms with Crippen molar-refractivity contribution in [1.29, 1.82) is 0 Å². The predicted molar refractivity (Wildman–Crippen MR) is 143 cm³/mol. The maximum atomic E-state index is 12.9. The molecule has 0 saturated carbocycles. The molecule has 38 heavy (non-hydrogen) atoms. The lowest BCUT2D eigenvalue weighted by Gasteiger charge is -2.21. The highest BCUT2D eigenvalue weighted by atomic mass is 16.3. The van der Waals surface area contributed by atoms with E-state index >= 15 is 0 Å². The highest BCUT2D eigenvalue weighted by Crippen LogP contribution is 2.36. The van der Waals surface area contributed by atoms with Crippen LogP contribution in [0, 0.1) is 11.8 Å². The summed E-state index contributed by atoms with van der Waals surface area (Å²) in [5.41, 5.74) is 7.46. The Morgan fingerprint density at radius 1 is 1.13 bits per heavy atom. The van der Waals surface area contributed by atoms with Crippen LogP contribution in [-0.4, -0.2) is 53.3 Å². The molecule has 2 amide bonds. The van der Waals surface area contributed by atoms with E-state index in [-0.39, 0.29) is 17.9 Å².